The lowest BCUT2D eigenvalue weighted by Crippen LogP contribution is -1.96. The first-order valence-electron chi connectivity index (χ1n) is 7.02. The molecule has 0 radical (unpaired) electrons. The standard InChI is InChI=1S/C16H20O3S/c1-2-3-4-6-9-13-12-16(20(17,18)19)15-11-8-5-7-10-14(13)15/h5,7-8,10-12H,2-4,6,9H2,1H3,(H,17,18,19). The zero-order valence-corrected chi connectivity index (χ0v) is 12.5. The average Bonchev–Trinajstić information content (AvgIpc) is 2.58. The van der Waals surface area contributed by atoms with Crippen molar-refractivity contribution in [3.8, 4) is 11.1 Å². The maximum absolute atomic E-state index is 11.5. The van der Waals surface area contributed by atoms with Crippen LogP contribution in [-0.4, -0.2) is 13.0 Å². The molecule has 0 bridgehead atoms. The molecule has 108 valence electrons. The van der Waals surface area contributed by atoms with Gasteiger partial charge in [0.25, 0.3) is 10.1 Å². The highest BCUT2D eigenvalue weighted by Crippen LogP contribution is 2.35. The maximum atomic E-state index is 11.5. The molecular formula is C16H20O3S. The summed E-state index contributed by atoms with van der Waals surface area (Å²) in [5.41, 5.74) is 2.52. The van der Waals surface area contributed by atoms with Crippen molar-refractivity contribution in [1.82, 2.24) is 0 Å². The molecule has 2 rings (SSSR count). The minimum atomic E-state index is -4.17. The lowest BCUT2D eigenvalue weighted by Gasteiger charge is -2.01. The number of fused-ring (bicyclic) bond motifs is 1. The number of rotatable bonds is 6. The lowest BCUT2D eigenvalue weighted by molar-refractivity contribution is 0.484. The molecular weight excluding hydrogens is 272 g/mol. The number of aryl methyl sites for hydroxylation is 1. The Morgan fingerprint density at radius 3 is 2.35 bits per heavy atom. The molecule has 1 N–H and O–H groups in total. The minimum absolute atomic E-state index is 0.0224. The van der Waals surface area contributed by atoms with Crippen LogP contribution in [0.1, 0.15) is 38.2 Å². The Kier molecular flexibility index (Phi) is 4.78. The van der Waals surface area contributed by atoms with Crippen molar-refractivity contribution in [2.24, 2.45) is 0 Å². The van der Waals surface area contributed by atoms with Crippen LogP contribution in [0.25, 0.3) is 11.1 Å². The normalized spacial score (nSPS) is 11.9. The van der Waals surface area contributed by atoms with Gasteiger partial charge in [-0.25, -0.2) is 0 Å². The third kappa shape index (κ3) is 3.38. The number of hydrogen-bond acceptors (Lipinski definition) is 2. The summed E-state index contributed by atoms with van der Waals surface area (Å²) in [4.78, 5) is 0.0224. The lowest BCUT2D eigenvalue weighted by atomic mass is 10.0. The van der Waals surface area contributed by atoms with E-state index in [-0.39, 0.29) is 4.90 Å². The number of unbranched alkanes of at least 4 members (excludes halogenated alkanes) is 3. The molecule has 20 heavy (non-hydrogen) atoms. The summed E-state index contributed by atoms with van der Waals surface area (Å²) in [5.74, 6) is 0. The zero-order chi connectivity index (χ0) is 14.6. The van der Waals surface area contributed by atoms with Crippen molar-refractivity contribution in [3.05, 3.63) is 42.0 Å². The van der Waals surface area contributed by atoms with Crippen LogP contribution < -0.4 is 0 Å². The van der Waals surface area contributed by atoms with Gasteiger partial charge in [-0.3, -0.25) is 4.55 Å². The molecule has 0 saturated heterocycles. The van der Waals surface area contributed by atoms with Crippen LogP contribution in [0.2, 0.25) is 0 Å². The summed E-state index contributed by atoms with van der Waals surface area (Å²) in [6, 6.07) is 10.8. The molecule has 0 aliphatic heterocycles. The van der Waals surface area contributed by atoms with E-state index in [0.717, 1.165) is 30.4 Å². The average molecular weight is 292 g/mol. The molecule has 0 unspecified atom stereocenters. The summed E-state index contributed by atoms with van der Waals surface area (Å²) < 4.78 is 32.4. The number of hydrogen-bond donors (Lipinski definition) is 1. The van der Waals surface area contributed by atoms with Crippen LogP contribution in [0, 0.1) is 0 Å². The summed E-state index contributed by atoms with van der Waals surface area (Å²) in [7, 11) is -4.17. The molecule has 0 heterocycles. The van der Waals surface area contributed by atoms with E-state index in [1.54, 1.807) is 18.2 Å². The molecule has 0 spiro atoms. The van der Waals surface area contributed by atoms with Crippen LogP contribution in [0.4, 0.5) is 0 Å². The van der Waals surface area contributed by atoms with Crippen molar-refractivity contribution in [3.63, 3.8) is 0 Å². The fourth-order valence-electron chi connectivity index (χ4n) is 2.52. The van der Waals surface area contributed by atoms with Gasteiger partial charge in [0.1, 0.15) is 4.90 Å². The van der Waals surface area contributed by atoms with Gasteiger partial charge in [-0.05, 0) is 30.0 Å². The third-order valence-electron chi connectivity index (χ3n) is 3.53. The highest BCUT2D eigenvalue weighted by Gasteiger charge is 2.22. The van der Waals surface area contributed by atoms with Crippen LogP contribution >= 0.6 is 0 Å². The van der Waals surface area contributed by atoms with Crippen LogP contribution in [0.15, 0.2) is 41.3 Å². The first kappa shape index (κ1) is 15.0. The Labute approximate surface area is 120 Å². The first-order valence-corrected chi connectivity index (χ1v) is 8.46. The van der Waals surface area contributed by atoms with Gasteiger partial charge in [0.05, 0.1) is 0 Å². The van der Waals surface area contributed by atoms with Crippen LogP contribution in [-0.2, 0) is 16.5 Å². The largest absolute Gasteiger partial charge is 0.295 e. The van der Waals surface area contributed by atoms with Crippen LogP contribution in [0.3, 0.4) is 0 Å². The van der Waals surface area contributed by atoms with E-state index in [9.17, 15) is 13.0 Å². The molecule has 0 amide bonds. The van der Waals surface area contributed by atoms with Gasteiger partial charge in [0.15, 0.2) is 0 Å². The third-order valence-corrected chi connectivity index (χ3v) is 4.43. The van der Waals surface area contributed by atoms with E-state index in [1.807, 2.05) is 18.2 Å². The zero-order valence-electron chi connectivity index (χ0n) is 11.7. The first-order chi connectivity index (χ1) is 9.54. The minimum Gasteiger partial charge on any atom is -0.282 e. The van der Waals surface area contributed by atoms with Gasteiger partial charge in [0, 0.05) is 5.56 Å². The Morgan fingerprint density at radius 2 is 1.70 bits per heavy atom. The Bertz CT molecular complexity index is 647. The molecule has 0 fully saturated rings. The van der Waals surface area contributed by atoms with Gasteiger partial charge >= 0.3 is 0 Å². The molecule has 2 aliphatic rings. The van der Waals surface area contributed by atoms with Crippen LogP contribution in [0.5, 0.6) is 0 Å². The van der Waals surface area contributed by atoms with Crippen molar-refractivity contribution < 1.29 is 13.0 Å². The molecule has 0 aromatic rings. The van der Waals surface area contributed by atoms with Crippen molar-refractivity contribution >= 4 is 10.1 Å². The molecule has 0 saturated carbocycles. The van der Waals surface area contributed by atoms with Gasteiger partial charge < -0.3 is 0 Å². The Hall–Kier alpha value is -1.39. The summed E-state index contributed by atoms with van der Waals surface area (Å²) in [5, 5.41) is 0. The second-order valence-electron chi connectivity index (χ2n) is 5.06. The Balaban J connectivity index is 2.36. The monoisotopic (exact) mass is 292 g/mol. The van der Waals surface area contributed by atoms with Gasteiger partial charge in [0.2, 0.25) is 0 Å². The maximum Gasteiger partial charge on any atom is 0.295 e. The second kappa shape index (κ2) is 6.37. The van der Waals surface area contributed by atoms with E-state index in [0.29, 0.717) is 5.56 Å². The highest BCUT2D eigenvalue weighted by atomic mass is 32.2. The summed E-state index contributed by atoms with van der Waals surface area (Å²) in [6.45, 7) is 2.16. The highest BCUT2D eigenvalue weighted by molar-refractivity contribution is 7.86. The quantitative estimate of drug-likeness (QED) is 0.642. The van der Waals surface area contributed by atoms with E-state index in [4.69, 9.17) is 0 Å². The smallest absolute Gasteiger partial charge is 0.282 e. The summed E-state index contributed by atoms with van der Waals surface area (Å²) >= 11 is 0. The van der Waals surface area contributed by atoms with E-state index in [1.165, 1.54) is 12.8 Å². The van der Waals surface area contributed by atoms with E-state index >= 15 is 0 Å². The Morgan fingerprint density at radius 1 is 1.00 bits per heavy atom. The fourth-order valence-corrected chi connectivity index (χ4v) is 3.27. The van der Waals surface area contributed by atoms with E-state index in [2.05, 4.69) is 6.92 Å². The van der Waals surface area contributed by atoms with Crippen molar-refractivity contribution in [2.45, 2.75) is 43.9 Å². The molecule has 3 nitrogen and oxygen atoms in total. The molecule has 0 aromatic heterocycles. The van der Waals surface area contributed by atoms with Gasteiger partial charge in [-0.1, -0.05) is 56.5 Å². The van der Waals surface area contributed by atoms with Gasteiger partial charge in [-0.2, -0.15) is 8.42 Å². The molecule has 0 atom stereocenters. The van der Waals surface area contributed by atoms with E-state index < -0.39 is 10.1 Å². The SMILES string of the molecule is CCCCCCc1cc(S(=O)(=O)O)c2cccccc1-2. The fraction of sp³-hybridized carbons (Fsp3) is 0.375. The summed E-state index contributed by atoms with van der Waals surface area (Å²) in [6.07, 6.45) is 5.39. The molecule has 0 aromatic carbocycles. The van der Waals surface area contributed by atoms with Crippen molar-refractivity contribution in [2.75, 3.05) is 0 Å². The molecule has 4 heteroatoms. The topological polar surface area (TPSA) is 54.4 Å². The predicted molar refractivity (Wildman–Crippen MR) is 80.7 cm³/mol. The second-order valence-corrected chi connectivity index (χ2v) is 6.45. The van der Waals surface area contributed by atoms with Crippen molar-refractivity contribution in [1.29, 1.82) is 0 Å². The van der Waals surface area contributed by atoms with Gasteiger partial charge in [-0.15, -0.1) is 0 Å². The predicted octanol–water partition coefficient (Wildman–Crippen LogP) is 4.16. The molecule has 2 aliphatic carbocycles.